The molecule has 0 aliphatic carbocycles. The van der Waals surface area contributed by atoms with Gasteiger partial charge in [-0.1, -0.05) is 0 Å². The molecule has 1 unspecified atom stereocenters. The monoisotopic (exact) mass is 308 g/mol. The number of aromatic nitrogens is 3. The van der Waals surface area contributed by atoms with Gasteiger partial charge >= 0.3 is 0 Å². The fourth-order valence-corrected chi connectivity index (χ4v) is 2.40. The van der Waals surface area contributed by atoms with Crippen LogP contribution in [0.5, 0.6) is 0 Å². The Labute approximate surface area is 129 Å². The highest BCUT2D eigenvalue weighted by Gasteiger charge is 2.17. The van der Waals surface area contributed by atoms with E-state index >= 15 is 0 Å². The Morgan fingerprint density at radius 3 is 2.81 bits per heavy atom. The largest absolute Gasteiger partial charge is 0.351 e. The van der Waals surface area contributed by atoms with Crippen LogP contribution in [0.15, 0.2) is 18.5 Å². The van der Waals surface area contributed by atoms with Gasteiger partial charge in [0, 0.05) is 24.7 Å². The van der Waals surface area contributed by atoms with E-state index in [0.29, 0.717) is 13.0 Å². The maximum atomic E-state index is 12.0. The van der Waals surface area contributed by atoms with Crippen LogP contribution in [0.3, 0.4) is 0 Å². The van der Waals surface area contributed by atoms with Crippen LogP contribution in [0, 0.1) is 0 Å². The van der Waals surface area contributed by atoms with Gasteiger partial charge < -0.3 is 9.88 Å². The van der Waals surface area contributed by atoms with Crippen molar-refractivity contribution in [3.05, 3.63) is 24.3 Å². The Morgan fingerprint density at radius 1 is 1.48 bits per heavy atom. The summed E-state index contributed by atoms with van der Waals surface area (Å²) in [4.78, 5) is 20.6. The molecule has 114 valence electrons. The molecule has 0 saturated heterocycles. The van der Waals surface area contributed by atoms with Gasteiger partial charge in [-0.15, -0.1) is 11.6 Å². The second-order valence-electron chi connectivity index (χ2n) is 6.15. The topological polar surface area (TPSA) is 59.8 Å². The van der Waals surface area contributed by atoms with Gasteiger partial charge in [0.05, 0.1) is 17.1 Å². The number of fused-ring (bicyclic) bond motifs is 1. The Kier molecular flexibility index (Phi) is 4.52. The molecule has 0 aliphatic rings. The molecule has 2 rings (SSSR count). The first-order valence-electron chi connectivity index (χ1n) is 7.03. The highest BCUT2D eigenvalue weighted by molar-refractivity contribution is 6.20. The first kappa shape index (κ1) is 15.8. The van der Waals surface area contributed by atoms with E-state index in [0.717, 1.165) is 16.9 Å². The van der Waals surface area contributed by atoms with E-state index < -0.39 is 0 Å². The molecule has 0 fully saturated rings. The number of carbonyl (C=O) groups excluding carboxylic acids is 1. The van der Waals surface area contributed by atoms with Gasteiger partial charge in [0.1, 0.15) is 11.3 Å². The summed E-state index contributed by atoms with van der Waals surface area (Å²) in [5, 5.41) is 2.74. The Balaban J connectivity index is 2.21. The molecule has 2 aromatic heterocycles. The summed E-state index contributed by atoms with van der Waals surface area (Å²) in [5.74, 6) is 0.787. The van der Waals surface area contributed by atoms with Gasteiger partial charge in [0.25, 0.3) is 0 Å². The lowest BCUT2D eigenvalue weighted by atomic mass is 10.1. The van der Waals surface area contributed by atoms with Gasteiger partial charge in [0.15, 0.2) is 0 Å². The number of hydrogen-bond donors (Lipinski definition) is 1. The van der Waals surface area contributed by atoms with Crippen molar-refractivity contribution in [2.24, 2.45) is 0 Å². The van der Waals surface area contributed by atoms with Crippen LogP contribution in [0.4, 0.5) is 0 Å². The summed E-state index contributed by atoms with van der Waals surface area (Å²) in [6.07, 6.45) is 3.82. The van der Waals surface area contributed by atoms with Crippen molar-refractivity contribution < 1.29 is 4.79 Å². The van der Waals surface area contributed by atoms with Crippen LogP contribution in [-0.2, 0) is 11.3 Å². The normalized spacial score (nSPS) is 13.4. The molecule has 0 radical (unpaired) electrons. The highest BCUT2D eigenvalue weighted by atomic mass is 35.5. The number of imidazole rings is 1. The van der Waals surface area contributed by atoms with Gasteiger partial charge in [-0.25, -0.2) is 4.98 Å². The molecule has 0 saturated carbocycles. The minimum Gasteiger partial charge on any atom is -0.351 e. The van der Waals surface area contributed by atoms with Crippen molar-refractivity contribution in [3.8, 4) is 0 Å². The molecule has 0 aliphatic heterocycles. The predicted molar refractivity (Wildman–Crippen MR) is 84.3 cm³/mol. The smallest absolute Gasteiger partial charge is 0.222 e. The lowest BCUT2D eigenvalue weighted by Gasteiger charge is -2.20. The number of halogens is 1. The summed E-state index contributed by atoms with van der Waals surface area (Å²) in [6, 6.07) is 1.90. The van der Waals surface area contributed by atoms with Gasteiger partial charge in [0.2, 0.25) is 5.91 Å². The number of nitrogens with zero attached hydrogens (tertiary/aromatic N) is 3. The molecule has 1 amide bonds. The molecule has 0 bridgehead atoms. The van der Waals surface area contributed by atoms with E-state index in [4.69, 9.17) is 11.6 Å². The number of aryl methyl sites for hydroxylation is 1. The van der Waals surface area contributed by atoms with Crippen molar-refractivity contribution in [3.63, 3.8) is 0 Å². The summed E-state index contributed by atoms with van der Waals surface area (Å²) in [5.41, 5.74) is 1.54. The van der Waals surface area contributed by atoms with Gasteiger partial charge in [-0.3, -0.25) is 9.78 Å². The van der Waals surface area contributed by atoms with Crippen LogP contribution in [0.2, 0.25) is 0 Å². The highest BCUT2D eigenvalue weighted by Crippen LogP contribution is 2.24. The maximum Gasteiger partial charge on any atom is 0.222 e. The molecule has 1 N–H and O–H groups in total. The predicted octanol–water partition coefficient (Wildman–Crippen LogP) is 3.04. The number of nitrogens with one attached hydrogen (secondary N) is 1. The molecule has 6 heteroatoms. The Hall–Kier alpha value is -1.62. The van der Waals surface area contributed by atoms with Gasteiger partial charge in [-0.2, -0.15) is 0 Å². The van der Waals surface area contributed by atoms with E-state index in [1.807, 2.05) is 38.3 Å². The van der Waals surface area contributed by atoms with Crippen LogP contribution in [-0.4, -0.2) is 26.0 Å². The second kappa shape index (κ2) is 6.02. The molecule has 5 nitrogen and oxygen atoms in total. The van der Waals surface area contributed by atoms with Crippen molar-refractivity contribution in [1.29, 1.82) is 0 Å². The first-order chi connectivity index (χ1) is 9.78. The zero-order valence-electron chi connectivity index (χ0n) is 12.9. The Morgan fingerprint density at radius 2 is 2.19 bits per heavy atom. The second-order valence-corrected chi connectivity index (χ2v) is 6.80. The minimum atomic E-state index is -0.222. The van der Waals surface area contributed by atoms with E-state index in [2.05, 4.69) is 15.3 Å². The molecule has 2 aromatic rings. The molecule has 1 atom stereocenters. The summed E-state index contributed by atoms with van der Waals surface area (Å²) >= 11 is 6.20. The minimum absolute atomic E-state index is 0.0200. The standard InChI is InChI=1S/C15H21ClN4O/c1-10(16)14-18-11-9-17-7-5-12(11)20(14)8-6-13(21)19-15(2,3)4/h5,7,9-10H,6,8H2,1-4H3,(H,19,21). The lowest BCUT2D eigenvalue weighted by Crippen LogP contribution is -2.40. The molecule has 0 aromatic carbocycles. The number of alkyl halides is 1. The third kappa shape index (κ3) is 3.94. The SMILES string of the molecule is CC(Cl)c1nc2cnccc2n1CCC(=O)NC(C)(C)C. The zero-order valence-corrected chi connectivity index (χ0v) is 13.6. The molecule has 0 spiro atoms. The summed E-state index contributed by atoms with van der Waals surface area (Å²) in [6.45, 7) is 8.33. The third-order valence-corrected chi connectivity index (χ3v) is 3.21. The quantitative estimate of drug-likeness (QED) is 0.883. The number of amides is 1. The number of carbonyl (C=O) groups is 1. The van der Waals surface area contributed by atoms with Crippen LogP contribution in [0.25, 0.3) is 11.0 Å². The fourth-order valence-electron chi connectivity index (χ4n) is 2.23. The number of rotatable bonds is 4. The van der Waals surface area contributed by atoms with Crippen molar-refractivity contribution >= 4 is 28.5 Å². The van der Waals surface area contributed by atoms with E-state index in [9.17, 15) is 4.79 Å². The molecule has 2 heterocycles. The van der Waals surface area contributed by atoms with Gasteiger partial charge in [-0.05, 0) is 33.8 Å². The third-order valence-electron chi connectivity index (χ3n) is 3.01. The summed E-state index contributed by atoms with van der Waals surface area (Å²) < 4.78 is 2.00. The lowest BCUT2D eigenvalue weighted by molar-refractivity contribution is -0.122. The van der Waals surface area contributed by atoms with E-state index in [1.165, 1.54) is 0 Å². The summed E-state index contributed by atoms with van der Waals surface area (Å²) in [7, 11) is 0. The Bertz CT molecular complexity index is 643. The maximum absolute atomic E-state index is 12.0. The van der Waals surface area contributed by atoms with Crippen molar-refractivity contribution in [2.45, 2.75) is 51.6 Å². The molecular formula is C15H21ClN4O. The van der Waals surface area contributed by atoms with E-state index in [-0.39, 0.29) is 16.8 Å². The van der Waals surface area contributed by atoms with Crippen LogP contribution < -0.4 is 5.32 Å². The van der Waals surface area contributed by atoms with Crippen LogP contribution >= 0.6 is 11.6 Å². The average molecular weight is 309 g/mol. The average Bonchev–Trinajstić information content (AvgIpc) is 2.73. The first-order valence-corrected chi connectivity index (χ1v) is 7.47. The fraction of sp³-hybridized carbons (Fsp3) is 0.533. The van der Waals surface area contributed by atoms with Crippen molar-refractivity contribution in [2.75, 3.05) is 0 Å². The van der Waals surface area contributed by atoms with E-state index in [1.54, 1.807) is 12.4 Å². The molecular weight excluding hydrogens is 288 g/mol. The zero-order chi connectivity index (χ0) is 15.6. The van der Waals surface area contributed by atoms with Crippen LogP contribution in [0.1, 0.15) is 45.3 Å². The number of pyridine rings is 1. The van der Waals surface area contributed by atoms with Crippen molar-refractivity contribution in [1.82, 2.24) is 19.9 Å². The molecule has 21 heavy (non-hydrogen) atoms. The number of hydrogen-bond acceptors (Lipinski definition) is 3.